The van der Waals surface area contributed by atoms with Gasteiger partial charge >= 0.3 is 0 Å². The minimum Gasteiger partial charge on any atom is -0.330 e. The van der Waals surface area contributed by atoms with Crippen molar-refractivity contribution in [2.45, 2.75) is 39.3 Å². The molecule has 1 heterocycles. The number of H-pyrrole nitrogens is 1. The SMILES string of the molecule is CC(C)N(C)CCCCn1c(=S)[nH]c2ccc(F)c(F)c21. The molecule has 0 fully saturated rings. The number of nitrogens with zero attached hydrogens (tertiary/aromatic N) is 2. The second kappa shape index (κ2) is 6.66. The molecule has 116 valence electrons. The van der Waals surface area contributed by atoms with Gasteiger partial charge in [0.05, 0.1) is 5.52 Å². The van der Waals surface area contributed by atoms with E-state index in [-0.39, 0.29) is 5.52 Å². The molecule has 21 heavy (non-hydrogen) atoms. The molecule has 6 heteroatoms. The predicted octanol–water partition coefficient (Wildman–Crippen LogP) is 4.10. The van der Waals surface area contributed by atoms with Crippen LogP contribution in [0.1, 0.15) is 26.7 Å². The topological polar surface area (TPSA) is 24.0 Å². The fourth-order valence-electron chi connectivity index (χ4n) is 2.29. The molecule has 0 spiro atoms. The van der Waals surface area contributed by atoms with Crippen molar-refractivity contribution < 1.29 is 8.78 Å². The van der Waals surface area contributed by atoms with E-state index in [9.17, 15) is 8.78 Å². The third kappa shape index (κ3) is 3.49. The number of benzene rings is 1. The molecule has 0 aliphatic rings. The first-order valence-corrected chi connectivity index (χ1v) is 7.59. The smallest absolute Gasteiger partial charge is 0.184 e. The second-order valence-corrected chi connectivity index (χ2v) is 6.01. The molecule has 0 radical (unpaired) electrons. The lowest BCUT2D eigenvalue weighted by atomic mass is 10.2. The number of halogens is 2. The number of imidazole rings is 1. The van der Waals surface area contributed by atoms with Crippen molar-refractivity contribution in [3.05, 3.63) is 28.5 Å². The highest BCUT2D eigenvalue weighted by molar-refractivity contribution is 7.71. The van der Waals surface area contributed by atoms with Gasteiger partial charge in [0.1, 0.15) is 5.52 Å². The van der Waals surface area contributed by atoms with Crippen LogP contribution >= 0.6 is 12.2 Å². The molecule has 2 rings (SSSR count). The van der Waals surface area contributed by atoms with E-state index in [0.29, 0.717) is 22.9 Å². The van der Waals surface area contributed by atoms with Crippen LogP contribution in [0, 0.1) is 16.4 Å². The van der Waals surface area contributed by atoms with E-state index in [1.807, 2.05) is 0 Å². The Labute approximate surface area is 128 Å². The van der Waals surface area contributed by atoms with Crippen molar-refractivity contribution in [1.29, 1.82) is 0 Å². The van der Waals surface area contributed by atoms with Gasteiger partial charge in [0.15, 0.2) is 16.4 Å². The molecule has 0 amide bonds. The number of fused-ring (bicyclic) bond motifs is 1. The van der Waals surface area contributed by atoms with Gasteiger partial charge < -0.3 is 14.5 Å². The minimum atomic E-state index is -0.843. The van der Waals surface area contributed by atoms with Gasteiger partial charge in [0.2, 0.25) is 0 Å². The first kappa shape index (κ1) is 16.1. The monoisotopic (exact) mass is 313 g/mol. The highest BCUT2D eigenvalue weighted by atomic mass is 32.1. The molecule has 1 aromatic carbocycles. The van der Waals surface area contributed by atoms with Crippen LogP contribution < -0.4 is 0 Å². The van der Waals surface area contributed by atoms with Gasteiger partial charge in [-0.3, -0.25) is 0 Å². The van der Waals surface area contributed by atoms with E-state index in [1.165, 1.54) is 6.07 Å². The summed E-state index contributed by atoms with van der Waals surface area (Å²) in [5, 5.41) is 0. The maximum Gasteiger partial charge on any atom is 0.184 e. The van der Waals surface area contributed by atoms with Gasteiger partial charge in [0.25, 0.3) is 0 Å². The largest absolute Gasteiger partial charge is 0.330 e. The molecule has 0 unspecified atom stereocenters. The van der Waals surface area contributed by atoms with E-state index in [2.05, 4.69) is 30.8 Å². The normalized spacial score (nSPS) is 12.0. The summed E-state index contributed by atoms with van der Waals surface area (Å²) in [6.07, 6.45) is 1.86. The molecular formula is C15H21F2N3S. The zero-order valence-corrected chi connectivity index (χ0v) is 13.4. The van der Waals surface area contributed by atoms with Crippen LogP contribution in [0.15, 0.2) is 12.1 Å². The summed E-state index contributed by atoms with van der Waals surface area (Å²) in [6.45, 7) is 5.86. The zero-order valence-electron chi connectivity index (χ0n) is 12.6. The number of hydrogen-bond donors (Lipinski definition) is 1. The van der Waals surface area contributed by atoms with Crippen molar-refractivity contribution in [2.24, 2.45) is 0 Å². The Kier molecular flexibility index (Phi) is 5.11. The van der Waals surface area contributed by atoms with E-state index < -0.39 is 11.6 Å². The van der Waals surface area contributed by atoms with Crippen molar-refractivity contribution in [3.8, 4) is 0 Å². The molecule has 2 aromatic rings. The summed E-state index contributed by atoms with van der Waals surface area (Å²) >= 11 is 5.21. The Morgan fingerprint density at radius 1 is 1.29 bits per heavy atom. The standard InChI is InChI=1S/C15H21F2N3S/c1-10(2)19(3)8-4-5-9-20-14-12(18-15(20)21)7-6-11(16)13(14)17/h6-7,10H,4-5,8-9H2,1-3H3,(H,18,21). The van der Waals surface area contributed by atoms with Crippen molar-refractivity contribution >= 4 is 23.3 Å². The first-order valence-electron chi connectivity index (χ1n) is 7.18. The number of unbranched alkanes of at least 4 members (excludes halogenated alkanes) is 1. The average Bonchev–Trinajstić information content (AvgIpc) is 2.75. The summed E-state index contributed by atoms with van der Waals surface area (Å²) in [6, 6.07) is 3.14. The highest BCUT2D eigenvalue weighted by Crippen LogP contribution is 2.21. The number of hydrogen-bond acceptors (Lipinski definition) is 2. The number of aromatic nitrogens is 2. The van der Waals surface area contributed by atoms with Crippen LogP contribution in [0.25, 0.3) is 11.0 Å². The Morgan fingerprint density at radius 3 is 2.67 bits per heavy atom. The van der Waals surface area contributed by atoms with Crippen LogP contribution in [0.2, 0.25) is 0 Å². The molecule has 0 bridgehead atoms. The van der Waals surface area contributed by atoms with Gasteiger partial charge in [-0.1, -0.05) is 0 Å². The molecule has 0 saturated heterocycles. The van der Waals surface area contributed by atoms with E-state index in [0.717, 1.165) is 25.5 Å². The predicted molar refractivity (Wildman–Crippen MR) is 84.0 cm³/mol. The lowest BCUT2D eigenvalue weighted by molar-refractivity contribution is 0.266. The second-order valence-electron chi connectivity index (χ2n) is 5.62. The number of aryl methyl sites for hydroxylation is 1. The van der Waals surface area contributed by atoms with Crippen LogP contribution in [0.5, 0.6) is 0 Å². The minimum absolute atomic E-state index is 0.234. The van der Waals surface area contributed by atoms with Gasteiger partial charge in [-0.2, -0.15) is 0 Å². The molecule has 1 N–H and O–H groups in total. The van der Waals surface area contributed by atoms with Crippen molar-refractivity contribution in [2.75, 3.05) is 13.6 Å². The van der Waals surface area contributed by atoms with Crippen LogP contribution in [-0.2, 0) is 6.54 Å². The molecule has 0 saturated carbocycles. The summed E-state index contributed by atoms with van der Waals surface area (Å²) in [7, 11) is 2.08. The molecule has 0 aliphatic heterocycles. The summed E-state index contributed by atoms with van der Waals surface area (Å²) in [5.41, 5.74) is 0.774. The Hall–Kier alpha value is -1.27. The lowest BCUT2D eigenvalue weighted by Gasteiger charge is -2.20. The van der Waals surface area contributed by atoms with Gasteiger partial charge in [0, 0.05) is 12.6 Å². The summed E-state index contributed by atoms with van der Waals surface area (Å²) in [5.74, 6) is -1.68. The Balaban J connectivity index is 2.10. The van der Waals surface area contributed by atoms with Crippen LogP contribution in [0.4, 0.5) is 8.78 Å². The van der Waals surface area contributed by atoms with Crippen LogP contribution in [0.3, 0.4) is 0 Å². The third-order valence-electron chi connectivity index (χ3n) is 3.85. The quantitative estimate of drug-likeness (QED) is 0.641. The van der Waals surface area contributed by atoms with Gasteiger partial charge in [-0.25, -0.2) is 8.78 Å². The maximum absolute atomic E-state index is 13.9. The summed E-state index contributed by atoms with van der Waals surface area (Å²) in [4.78, 5) is 5.18. The molecule has 1 aromatic heterocycles. The number of rotatable bonds is 6. The Bertz CT molecular complexity index is 675. The first-order chi connectivity index (χ1) is 9.91. The van der Waals surface area contributed by atoms with E-state index in [4.69, 9.17) is 12.2 Å². The van der Waals surface area contributed by atoms with Gasteiger partial charge in [-0.15, -0.1) is 0 Å². The fourth-order valence-corrected chi connectivity index (χ4v) is 2.58. The number of aromatic amines is 1. The van der Waals surface area contributed by atoms with E-state index >= 15 is 0 Å². The third-order valence-corrected chi connectivity index (χ3v) is 4.17. The molecule has 0 atom stereocenters. The van der Waals surface area contributed by atoms with Crippen LogP contribution in [-0.4, -0.2) is 34.1 Å². The Morgan fingerprint density at radius 2 is 2.00 bits per heavy atom. The molecule has 3 nitrogen and oxygen atoms in total. The van der Waals surface area contributed by atoms with Gasteiger partial charge in [-0.05, 0) is 64.6 Å². The average molecular weight is 313 g/mol. The van der Waals surface area contributed by atoms with Crippen molar-refractivity contribution in [3.63, 3.8) is 0 Å². The molecular weight excluding hydrogens is 292 g/mol. The fraction of sp³-hybridized carbons (Fsp3) is 0.533. The molecule has 0 aliphatic carbocycles. The maximum atomic E-state index is 13.9. The zero-order chi connectivity index (χ0) is 15.6. The van der Waals surface area contributed by atoms with E-state index in [1.54, 1.807) is 4.57 Å². The number of nitrogens with one attached hydrogen (secondary N) is 1. The lowest BCUT2D eigenvalue weighted by Crippen LogP contribution is -2.27. The highest BCUT2D eigenvalue weighted by Gasteiger charge is 2.13. The summed E-state index contributed by atoms with van der Waals surface area (Å²) < 4.78 is 29.4. The van der Waals surface area contributed by atoms with Crippen molar-refractivity contribution in [1.82, 2.24) is 14.5 Å².